The van der Waals surface area contributed by atoms with E-state index in [0.717, 1.165) is 56.9 Å². The Kier molecular flexibility index (Phi) is 8.90. The lowest BCUT2D eigenvalue weighted by Crippen LogP contribution is -2.16. The summed E-state index contributed by atoms with van der Waals surface area (Å²) in [6, 6.07) is 0. The van der Waals surface area contributed by atoms with Gasteiger partial charge in [0.2, 0.25) is 0 Å². The zero-order chi connectivity index (χ0) is 14.8. The molecule has 1 heterocycles. The van der Waals surface area contributed by atoms with Crippen LogP contribution in [0.5, 0.6) is 0 Å². The summed E-state index contributed by atoms with van der Waals surface area (Å²) in [5.74, 6) is 0.999. The van der Waals surface area contributed by atoms with Crippen LogP contribution in [0.25, 0.3) is 0 Å². The van der Waals surface area contributed by atoms with Gasteiger partial charge in [0.15, 0.2) is 5.15 Å². The molecular weight excluding hydrogens is 274 g/mol. The van der Waals surface area contributed by atoms with Crippen molar-refractivity contribution in [3.05, 3.63) is 16.7 Å². The molecule has 5 heteroatoms. The SMILES string of the molecule is CCCCc1nc(Cl)c(CNCCCCOC(C)C)[nH]1. The van der Waals surface area contributed by atoms with Crippen LogP contribution < -0.4 is 5.32 Å². The first-order valence-electron chi connectivity index (χ1n) is 7.69. The summed E-state index contributed by atoms with van der Waals surface area (Å²) in [4.78, 5) is 7.65. The third-order valence-corrected chi connectivity index (χ3v) is 3.36. The number of nitrogens with zero attached hydrogens (tertiary/aromatic N) is 1. The molecule has 1 rings (SSSR count). The molecular formula is C15H28ClN3O. The zero-order valence-electron chi connectivity index (χ0n) is 13.0. The van der Waals surface area contributed by atoms with Gasteiger partial charge >= 0.3 is 0 Å². The van der Waals surface area contributed by atoms with Crippen LogP contribution in [0.15, 0.2) is 0 Å². The van der Waals surface area contributed by atoms with Crippen molar-refractivity contribution in [3.8, 4) is 0 Å². The summed E-state index contributed by atoms with van der Waals surface area (Å²) in [6.07, 6.45) is 5.82. The summed E-state index contributed by atoms with van der Waals surface area (Å²) in [7, 11) is 0. The van der Waals surface area contributed by atoms with Crippen molar-refractivity contribution in [2.75, 3.05) is 13.2 Å². The van der Waals surface area contributed by atoms with E-state index < -0.39 is 0 Å². The number of imidazole rings is 1. The monoisotopic (exact) mass is 301 g/mol. The van der Waals surface area contributed by atoms with Gasteiger partial charge in [-0.1, -0.05) is 24.9 Å². The number of halogens is 1. The van der Waals surface area contributed by atoms with Gasteiger partial charge in [-0.05, 0) is 39.7 Å². The van der Waals surface area contributed by atoms with Gasteiger partial charge in [-0.15, -0.1) is 0 Å². The highest BCUT2D eigenvalue weighted by Gasteiger charge is 2.07. The Balaban J connectivity index is 2.13. The molecule has 0 saturated carbocycles. The van der Waals surface area contributed by atoms with Gasteiger partial charge in [0.25, 0.3) is 0 Å². The average molecular weight is 302 g/mol. The van der Waals surface area contributed by atoms with Gasteiger partial charge in [0, 0.05) is 19.6 Å². The minimum Gasteiger partial charge on any atom is -0.379 e. The first-order chi connectivity index (χ1) is 9.63. The maximum absolute atomic E-state index is 6.12. The second-order valence-corrected chi connectivity index (χ2v) is 5.72. The zero-order valence-corrected chi connectivity index (χ0v) is 13.7. The lowest BCUT2D eigenvalue weighted by atomic mass is 10.2. The summed E-state index contributed by atoms with van der Waals surface area (Å²) < 4.78 is 5.50. The number of ether oxygens (including phenoxy) is 1. The lowest BCUT2D eigenvalue weighted by Gasteiger charge is -2.07. The number of unbranched alkanes of at least 4 members (excludes halogenated alkanes) is 2. The van der Waals surface area contributed by atoms with E-state index in [-0.39, 0.29) is 0 Å². The summed E-state index contributed by atoms with van der Waals surface area (Å²) in [5, 5.41) is 3.99. The average Bonchev–Trinajstić information content (AvgIpc) is 2.75. The normalized spacial score (nSPS) is 11.4. The number of aryl methyl sites for hydroxylation is 1. The van der Waals surface area contributed by atoms with E-state index in [2.05, 4.69) is 36.1 Å². The number of hydrogen-bond donors (Lipinski definition) is 2. The third-order valence-electron chi connectivity index (χ3n) is 3.05. The van der Waals surface area contributed by atoms with Gasteiger partial charge in [0.1, 0.15) is 5.82 Å². The van der Waals surface area contributed by atoms with Crippen LogP contribution in [-0.4, -0.2) is 29.2 Å². The van der Waals surface area contributed by atoms with E-state index in [0.29, 0.717) is 11.3 Å². The quantitative estimate of drug-likeness (QED) is 0.613. The molecule has 20 heavy (non-hydrogen) atoms. The van der Waals surface area contributed by atoms with Gasteiger partial charge < -0.3 is 15.0 Å². The fraction of sp³-hybridized carbons (Fsp3) is 0.800. The maximum Gasteiger partial charge on any atom is 0.151 e. The summed E-state index contributed by atoms with van der Waals surface area (Å²) in [5.41, 5.74) is 0.996. The molecule has 0 aliphatic heterocycles. The molecule has 1 aromatic heterocycles. The molecule has 0 radical (unpaired) electrons. The molecule has 0 bridgehead atoms. The molecule has 0 aliphatic carbocycles. The van der Waals surface area contributed by atoms with Crippen LogP contribution in [0, 0.1) is 0 Å². The van der Waals surface area contributed by atoms with E-state index >= 15 is 0 Å². The van der Waals surface area contributed by atoms with Crippen molar-refractivity contribution in [3.63, 3.8) is 0 Å². The lowest BCUT2D eigenvalue weighted by molar-refractivity contribution is 0.0760. The van der Waals surface area contributed by atoms with Crippen LogP contribution in [0.4, 0.5) is 0 Å². The number of aromatic amines is 1. The Morgan fingerprint density at radius 3 is 2.80 bits per heavy atom. The van der Waals surface area contributed by atoms with Crippen molar-refractivity contribution in [1.82, 2.24) is 15.3 Å². The summed E-state index contributed by atoms with van der Waals surface area (Å²) >= 11 is 6.12. The molecule has 4 nitrogen and oxygen atoms in total. The molecule has 0 aromatic carbocycles. The van der Waals surface area contributed by atoms with E-state index in [1.54, 1.807) is 0 Å². The minimum atomic E-state index is 0.327. The fourth-order valence-electron chi connectivity index (χ4n) is 1.90. The minimum absolute atomic E-state index is 0.327. The third kappa shape index (κ3) is 7.27. The Labute approximate surface area is 127 Å². The standard InChI is InChI=1S/C15H28ClN3O/c1-4-5-8-14-18-13(15(16)19-14)11-17-9-6-7-10-20-12(2)3/h12,17H,4-11H2,1-3H3,(H,18,19). The predicted molar refractivity (Wildman–Crippen MR) is 84.2 cm³/mol. The van der Waals surface area contributed by atoms with E-state index in [1.165, 1.54) is 6.42 Å². The topological polar surface area (TPSA) is 49.9 Å². The smallest absolute Gasteiger partial charge is 0.151 e. The highest BCUT2D eigenvalue weighted by atomic mass is 35.5. The molecule has 0 aliphatic rings. The molecule has 1 aromatic rings. The fourth-order valence-corrected chi connectivity index (χ4v) is 2.12. The Morgan fingerprint density at radius 2 is 2.10 bits per heavy atom. The Hall–Kier alpha value is -0.580. The van der Waals surface area contributed by atoms with Gasteiger partial charge in [0.05, 0.1) is 11.8 Å². The van der Waals surface area contributed by atoms with Crippen molar-refractivity contribution in [2.24, 2.45) is 0 Å². The number of rotatable bonds is 11. The van der Waals surface area contributed by atoms with Crippen LogP contribution in [-0.2, 0) is 17.7 Å². The Bertz CT molecular complexity index is 366. The number of H-pyrrole nitrogens is 1. The largest absolute Gasteiger partial charge is 0.379 e. The summed E-state index contributed by atoms with van der Waals surface area (Å²) in [6.45, 7) is 8.87. The molecule has 0 atom stereocenters. The van der Waals surface area contributed by atoms with Crippen LogP contribution in [0.2, 0.25) is 5.15 Å². The van der Waals surface area contributed by atoms with Crippen molar-refractivity contribution in [2.45, 2.75) is 65.5 Å². The van der Waals surface area contributed by atoms with Gasteiger partial charge in [-0.3, -0.25) is 0 Å². The van der Waals surface area contributed by atoms with Crippen LogP contribution in [0.3, 0.4) is 0 Å². The van der Waals surface area contributed by atoms with Gasteiger partial charge in [-0.2, -0.15) is 0 Å². The first kappa shape index (κ1) is 17.5. The van der Waals surface area contributed by atoms with Crippen LogP contribution in [0.1, 0.15) is 58.0 Å². The van der Waals surface area contributed by atoms with E-state index in [4.69, 9.17) is 16.3 Å². The molecule has 116 valence electrons. The van der Waals surface area contributed by atoms with E-state index in [1.807, 2.05) is 0 Å². The maximum atomic E-state index is 6.12. The number of nitrogens with one attached hydrogen (secondary N) is 2. The number of aromatic nitrogens is 2. The molecule has 0 saturated heterocycles. The van der Waals surface area contributed by atoms with Crippen molar-refractivity contribution >= 4 is 11.6 Å². The number of hydrogen-bond acceptors (Lipinski definition) is 3. The van der Waals surface area contributed by atoms with Crippen molar-refractivity contribution < 1.29 is 4.74 Å². The highest BCUT2D eigenvalue weighted by molar-refractivity contribution is 6.30. The molecule has 2 N–H and O–H groups in total. The molecule has 0 fully saturated rings. The van der Waals surface area contributed by atoms with Crippen molar-refractivity contribution in [1.29, 1.82) is 0 Å². The van der Waals surface area contributed by atoms with E-state index in [9.17, 15) is 0 Å². The first-order valence-corrected chi connectivity index (χ1v) is 8.06. The predicted octanol–water partition coefficient (Wildman–Crippen LogP) is 3.70. The molecule has 0 amide bonds. The van der Waals surface area contributed by atoms with Gasteiger partial charge in [-0.25, -0.2) is 4.98 Å². The molecule has 0 unspecified atom stereocenters. The van der Waals surface area contributed by atoms with Crippen LogP contribution >= 0.6 is 11.6 Å². The second kappa shape index (κ2) is 10.2. The highest BCUT2D eigenvalue weighted by Crippen LogP contribution is 2.13. The second-order valence-electron chi connectivity index (χ2n) is 5.36. The Morgan fingerprint density at radius 1 is 1.30 bits per heavy atom. The molecule has 0 spiro atoms.